The van der Waals surface area contributed by atoms with Gasteiger partial charge < -0.3 is 4.74 Å². The number of hydrogen-bond acceptors (Lipinski definition) is 2. The van der Waals surface area contributed by atoms with Crippen molar-refractivity contribution in [3.05, 3.63) is 24.0 Å². The van der Waals surface area contributed by atoms with E-state index in [-0.39, 0.29) is 0 Å². The van der Waals surface area contributed by atoms with Crippen molar-refractivity contribution in [3.8, 4) is 6.26 Å². The zero-order chi connectivity index (χ0) is 8.53. The van der Waals surface area contributed by atoms with Crippen LogP contribution in [0.1, 0.15) is 26.7 Å². The van der Waals surface area contributed by atoms with Crippen LogP contribution in [0.4, 0.5) is 0 Å². The van der Waals surface area contributed by atoms with Crippen molar-refractivity contribution >= 4 is 0 Å². The summed E-state index contributed by atoms with van der Waals surface area (Å²) < 4.78 is 4.56. The Labute approximate surface area is 67.8 Å². The van der Waals surface area contributed by atoms with Crippen molar-refractivity contribution in [3.63, 3.8) is 0 Å². The lowest BCUT2D eigenvalue weighted by Gasteiger charge is -1.99. The van der Waals surface area contributed by atoms with E-state index in [2.05, 4.69) is 4.74 Å². The Morgan fingerprint density at radius 3 is 2.64 bits per heavy atom. The third-order valence-electron chi connectivity index (χ3n) is 1.12. The molecule has 0 saturated heterocycles. The van der Waals surface area contributed by atoms with Gasteiger partial charge in [-0.05, 0) is 25.0 Å². The predicted molar refractivity (Wildman–Crippen MR) is 44.5 cm³/mol. The zero-order valence-electron chi connectivity index (χ0n) is 7.00. The minimum Gasteiger partial charge on any atom is -0.388 e. The second-order valence-electron chi connectivity index (χ2n) is 1.78. The Kier molecular flexibility index (Phi) is 6.11. The van der Waals surface area contributed by atoms with Gasteiger partial charge >= 0.3 is 0 Å². The van der Waals surface area contributed by atoms with Crippen molar-refractivity contribution < 1.29 is 4.74 Å². The third kappa shape index (κ3) is 4.21. The lowest BCUT2D eigenvalue weighted by molar-refractivity contribution is 0.388. The first-order valence-electron chi connectivity index (χ1n) is 3.86. The molecule has 0 aromatic rings. The minimum absolute atomic E-state index is 0.670. The molecule has 0 spiro atoms. The molecule has 0 amide bonds. The summed E-state index contributed by atoms with van der Waals surface area (Å²) in [4.78, 5) is 0. The summed E-state index contributed by atoms with van der Waals surface area (Å²) in [6.07, 6.45) is 9.36. The fourth-order valence-electron chi connectivity index (χ4n) is 0.718. The van der Waals surface area contributed by atoms with Gasteiger partial charge in [0, 0.05) is 0 Å². The molecular formula is C9H13NO. The van der Waals surface area contributed by atoms with Gasteiger partial charge in [0.25, 0.3) is 6.26 Å². The second-order valence-corrected chi connectivity index (χ2v) is 1.78. The normalized spacial score (nSPS) is 13.7. The van der Waals surface area contributed by atoms with E-state index in [4.69, 9.17) is 5.26 Å². The maximum atomic E-state index is 8.07. The highest BCUT2D eigenvalue weighted by atomic mass is 16.5. The maximum absolute atomic E-state index is 8.07. The monoisotopic (exact) mass is 151 g/mol. The quantitative estimate of drug-likeness (QED) is 0.540. The topological polar surface area (TPSA) is 33.0 Å². The first-order chi connectivity index (χ1) is 5.43. The number of nitrogens with zero attached hydrogens (tertiary/aromatic N) is 1. The molecule has 0 aromatic carbocycles. The molecule has 0 atom stereocenters. The Morgan fingerprint density at radius 1 is 1.45 bits per heavy atom. The molecule has 0 N–H and O–H groups in total. The van der Waals surface area contributed by atoms with E-state index in [0.717, 1.165) is 12.8 Å². The Morgan fingerprint density at radius 2 is 2.18 bits per heavy atom. The van der Waals surface area contributed by atoms with Crippen LogP contribution in [-0.2, 0) is 4.74 Å². The van der Waals surface area contributed by atoms with Crippen LogP contribution in [0.3, 0.4) is 0 Å². The van der Waals surface area contributed by atoms with E-state index in [1.54, 1.807) is 6.26 Å². The van der Waals surface area contributed by atoms with Gasteiger partial charge in [-0.2, -0.15) is 0 Å². The number of nitriles is 1. The molecule has 0 saturated carbocycles. The van der Waals surface area contributed by atoms with Crippen LogP contribution < -0.4 is 0 Å². The SMILES string of the molecule is CC.N#COC1=CCCC=C1. The summed E-state index contributed by atoms with van der Waals surface area (Å²) in [5.74, 6) is 0.670. The molecule has 60 valence electrons. The molecule has 0 aliphatic heterocycles. The highest BCUT2D eigenvalue weighted by molar-refractivity contribution is 5.16. The summed E-state index contributed by atoms with van der Waals surface area (Å²) in [6.45, 7) is 4.00. The van der Waals surface area contributed by atoms with Crippen LogP contribution >= 0.6 is 0 Å². The summed E-state index contributed by atoms with van der Waals surface area (Å²) in [5.41, 5.74) is 0. The maximum Gasteiger partial charge on any atom is 0.292 e. The molecule has 0 unspecified atom stereocenters. The zero-order valence-corrected chi connectivity index (χ0v) is 7.00. The molecule has 0 fully saturated rings. The van der Waals surface area contributed by atoms with Crippen LogP contribution in [0.5, 0.6) is 0 Å². The lowest BCUT2D eigenvalue weighted by Crippen LogP contribution is -1.85. The van der Waals surface area contributed by atoms with Gasteiger partial charge in [-0.15, -0.1) is 5.26 Å². The number of allylic oxidation sites excluding steroid dienone is 3. The Balaban J connectivity index is 0.000000461. The average molecular weight is 151 g/mol. The Hall–Kier alpha value is -1.23. The molecule has 0 radical (unpaired) electrons. The second kappa shape index (κ2) is 6.88. The van der Waals surface area contributed by atoms with Crippen LogP contribution in [0, 0.1) is 11.5 Å². The highest BCUT2D eigenvalue weighted by Gasteiger charge is 1.95. The molecule has 11 heavy (non-hydrogen) atoms. The van der Waals surface area contributed by atoms with Crippen LogP contribution in [0.2, 0.25) is 0 Å². The van der Waals surface area contributed by atoms with Gasteiger partial charge in [0.05, 0.1) is 0 Å². The molecule has 2 nitrogen and oxygen atoms in total. The van der Waals surface area contributed by atoms with E-state index in [1.165, 1.54) is 0 Å². The van der Waals surface area contributed by atoms with Gasteiger partial charge in [-0.25, -0.2) is 0 Å². The number of rotatable bonds is 1. The Bertz CT molecular complexity index is 186. The predicted octanol–water partition coefficient (Wildman–Crippen LogP) is 2.74. The van der Waals surface area contributed by atoms with E-state index in [0.29, 0.717) is 5.76 Å². The van der Waals surface area contributed by atoms with E-state index in [1.807, 2.05) is 32.1 Å². The molecule has 0 bridgehead atoms. The van der Waals surface area contributed by atoms with Gasteiger partial charge in [-0.1, -0.05) is 19.9 Å². The summed E-state index contributed by atoms with van der Waals surface area (Å²) >= 11 is 0. The molecule has 1 rings (SSSR count). The van der Waals surface area contributed by atoms with Crippen LogP contribution in [0.15, 0.2) is 24.0 Å². The van der Waals surface area contributed by atoms with Gasteiger partial charge in [0.1, 0.15) is 5.76 Å². The van der Waals surface area contributed by atoms with Crippen molar-refractivity contribution in [1.82, 2.24) is 0 Å². The van der Waals surface area contributed by atoms with Crippen molar-refractivity contribution in [2.75, 3.05) is 0 Å². The van der Waals surface area contributed by atoms with Crippen molar-refractivity contribution in [1.29, 1.82) is 5.26 Å². The molecule has 1 aliphatic rings. The molecule has 0 aromatic heterocycles. The fraction of sp³-hybridized carbons (Fsp3) is 0.444. The van der Waals surface area contributed by atoms with E-state index >= 15 is 0 Å². The van der Waals surface area contributed by atoms with Gasteiger partial charge in [0.2, 0.25) is 0 Å². The molecule has 2 heteroatoms. The van der Waals surface area contributed by atoms with Crippen LogP contribution in [0.25, 0.3) is 0 Å². The summed E-state index contributed by atoms with van der Waals surface area (Å²) in [5, 5.41) is 8.07. The summed E-state index contributed by atoms with van der Waals surface area (Å²) in [7, 11) is 0. The molecular weight excluding hydrogens is 138 g/mol. The average Bonchev–Trinajstić information content (AvgIpc) is 2.11. The third-order valence-corrected chi connectivity index (χ3v) is 1.12. The molecule has 1 aliphatic carbocycles. The van der Waals surface area contributed by atoms with Crippen molar-refractivity contribution in [2.45, 2.75) is 26.7 Å². The number of hydrogen-bond donors (Lipinski definition) is 0. The molecule has 0 heterocycles. The highest BCUT2D eigenvalue weighted by Crippen LogP contribution is 2.09. The van der Waals surface area contributed by atoms with E-state index < -0.39 is 0 Å². The summed E-state index contributed by atoms with van der Waals surface area (Å²) in [6, 6.07) is 0. The standard InChI is InChI=1S/C7H7NO.C2H6/c8-6-9-7-4-2-1-3-5-7;1-2/h2,4-5H,1,3H2;1-2H3. The largest absolute Gasteiger partial charge is 0.388 e. The van der Waals surface area contributed by atoms with Crippen molar-refractivity contribution in [2.24, 2.45) is 0 Å². The van der Waals surface area contributed by atoms with Crippen LogP contribution in [-0.4, -0.2) is 0 Å². The first kappa shape index (κ1) is 9.77. The lowest BCUT2D eigenvalue weighted by atomic mass is 10.2. The first-order valence-corrected chi connectivity index (χ1v) is 3.86. The smallest absolute Gasteiger partial charge is 0.292 e. The van der Waals surface area contributed by atoms with Gasteiger partial charge in [0.15, 0.2) is 0 Å². The minimum atomic E-state index is 0.670. The van der Waals surface area contributed by atoms with E-state index in [9.17, 15) is 0 Å². The van der Waals surface area contributed by atoms with Gasteiger partial charge in [-0.3, -0.25) is 0 Å². The fourth-order valence-corrected chi connectivity index (χ4v) is 0.718. The number of ether oxygens (including phenoxy) is 1.